The minimum absolute atomic E-state index is 0.0338. The summed E-state index contributed by atoms with van der Waals surface area (Å²) in [7, 11) is -24.5. The molecule has 0 bridgehead atoms. The molecule has 0 atom stereocenters. The predicted octanol–water partition coefficient (Wildman–Crippen LogP) is 4.72. The predicted molar refractivity (Wildman–Crippen MR) is 185 cm³/mol. The minimum Gasteiger partial charge on any atom is -0.417 e. The Morgan fingerprint density at radius 1 is 0.432 bits per heavy atom. The molecule has 0 unspecified atom stereocenters. The summed E-state index contributed by atoms with van der Waals surface area (Å²) in [4.78, 5) is 12.7. The van der Waals surface area contributed by atoms with Crippen molar-refractivity contribution in [1.82, 2.24) is 0 Å². The molecular formula is C23H57O13S3Si5. The topological polar surface area (TPSA) is 178 Å². The molecule has 0 amide bonds. The fourth-order valence-electron chi connectivity index (χ4n) is 4.49. The molecule has 0 spiro atoms. The molecule has 0 heterocycles. The van der Waals surface area contributed by atoms with Gasteiger partial charge in [0.05, 0.1) is 38.6 Å². The van der Waals surface area contributed by atoms with Crippen molar-refractivity contribution in [3.8, 4) is 0 Å². The van der Waals surface area contributed by atoms with E-state index in [4.69, 9.17) is 24.9 Å². The van der Waals surface area contributed by atoms with Crippen molar-refractivity contribution < 1.29 is 54.9 Å². The van der Waals surface area contributed by atoms with Gasteiger partial charge in [-0.3, -0.25) is 17.3 Å². The Hall–Kier alpha value is 0.654. The summed E-state index contributed by atoms with van der Waals surface area (Å²) in [5, 5.41) is 0. The van der Waals surface area contributed by atoms with Crippen LogP contribution in [0.1, 0.15) is 25.7 Å². The molecule has 0 aromatic carbocycles. The van der Waals surface area contributed by atoms with Gasteiger partial charge >= 0.3 is 8.80 Å². The van der Waals surface area contributed by atoms with E-state index in [1.54, 1.807) is 13.1 Å². The Balaban J connectivity index is 6.28. The van der Waals surface area contributed by atoms with E-state index >= 15 is 0 Å². The zero-order valence-electron chi connectivity index (χ0n) is 28.5. The highest BCUT2D eigenvalue weighted by molar-refractivity contribution is 7.86. The first-order valence-electron chi connectivity index (χ1n) is 14.8. The summed E-state index contributed by atoms with van der Waals surface area (Å²) in [6.07, 6.45) is 4.98. The maximum absolute atomic E-state index is 12.7. The molecule has 0 aliphatic carbocycles. The minimum atomic E-state index is -3.57. The monoisotopic (exact) mass is 777 g/mol. The highest BCUT2D eigenvalue weighted by Gasteiger charge is 2.52. The first-order valence-corrected chi connectivity index (χ1v) is 34.6. The molecule has 1 radical (unpaired) electrons. The summed E-state index contributed by atoms with van der Waals surface area (Å²) in [6, 6.07) is 2.70. The molecule has 21 heteroatoms. The lowest BCUT2D eigenvalue weighted by atomic mass is 10.5. The first kappa shape index (κ1) is 44.7. The second kappa shape index (κ2) is 17.9. The van der Waals surface area contributed by atoms with Crippen molar-refractivity contribution in [3.63, 3.8) is 0 Å². The van der Waals surface area contributed by atoms with Gasteiger partial charge in [-0.1, -0.05) is 0 Å². The normalized spacial score (nSPS) is 14.7. The molecule has 0 rings (SSSR count). The largest absolute Gasteiger partial charge is 0.469 e. The molecule has 0 saturated carbocycles. The summed E-state index contributed by atoms with van der Waals surface area (Å²) in [5.74, 6) is 0. The number of rotatable bonds is 25. The van der Waals surface area contributed by atoms with Crippen molar-refractivity contribution in [2.45, 2.75) is 108 Å². The summed E-state index contributed by atoms with van der Waals surface area (Å²) < 4.78 is 105. The van der Waals surface area contributed by atoms with Crippen LogP contribution in [0.3, 0.4) is 0 Å². The van der Waals surface area contributed by atoms with Crippen LogP contribution in [0.15, 0.2) is 0 Å². The molecule has 0 aliphatic heterocycles. The second-order valence-electron chi connectivity index (χ2n) is 13.8. The van der Waals surface area contributed by atoms with Crippen LogP contribution in [-0.2, 0) is 60.0 Å². The molecule has 265 valence electrons. The Morgan fingerprint density at radius 3 is 0.932 bits per heavy atom. The van der Waals surface area contributed by atoms with Gasteiger partial charge in [-0.15, -0.1) is 0 Å². The first-order chi connectivity index (χ1) is 19.4. The quantitative estimate of drug-likeness (QED) is 0.0710. The van der Waals surface area contributed by atoms with Crippen LogP contribution in [0.5, 0.6) is 0 Å². The fourth-order valence-corrected chi connectivity index (χ4v) is 24.9. The Kier molecular flexibility index (Phi) is 18.1. The maximum atomic E-state index is 12.7. The molecule has 0 N–H and O–H groups in total. The van der Waals surface area contributed by atoms with Gasteiger partial charge in [0.25, 0.3) is 30.4 Å². The summed E-state index contributed by atoms with van der Waals surface area (Å²) in [6.45, 7) is 15.8. The number of hydrogen-bond donors (Lipinski definition) is 0. The smallest absolute Gasteiger partial charge is 0.417 e. The van der Waals surface area contributed by atoms with Crippen LogP contribution in [0.2, 0.25) is 82.6 Å². The van der Waals surface area contributed by atoms with E-state index in [-0.39, 0.29) is 19.8 Å². The van der Waals surface area contributed by atoms with E-state index in [1.807, 2.05) is 39.3 Å². The van der Waals surface area contributed by atoms with Crippen molar-refractivity contribution >= 4 is 72.4 Å². The third kappa shape index (κ3) is 25.7. The lowest BCUT2D eigenvalue weighted by Gasteiger charge is -2.45. The van der Waals surface area contributed by atoms with Gasteiger partial charge in [0.1, 0.15) is 0 Å². The molecule has 44 heavy (non-hydrogen) atoms. The Bertz CT molecular complexity index is 1060. The van der Waals surface area contributed by atoms with Gasteiger partial charge in [-0.25, -0.2) is 0 Å². The van der Waals surface area contributed by atoms with Gasteiger partial charge in [0.15, 0.2) is 25.0 Å². The van der Waals surface area contributed by atoms with Crippen molar-refractivity contribution in [2.75, 3.05) is 38.6 Å². The lowest BCUT2D eigenvalue weighted by molar-refractivity contribution is 0.240. The highest BCUT2D eigenvalue weighted by atomic mass is 32.2. The SMILES string of the molecule is C[Si](C)([O])CCC[Si](O[Si](C)(C)CCCOS(C)(=O)=O)(O[Si](C)(C)CCCOS(C)(=O)=O)O[Si](C)(C)CCCOS(C)(=O)=O. The average Bonchev–Trinajstić information content (AvgIpc) is 2.73. The van der Waals surface area contributed by atoms with Crippen LogP contribution in [0.25, 0.3) is 0 Å². The Morgan fingerprint density at radius 2 is 0.705 bits per heavy atom. The van der Waals surface area contributed by atoms with E-state index in [9.17, 15) is 30.0 Å². The molecule has 13 nitrogen and oxygen atoms in total. The average molecular weight is 778 g/mol. The van der Waals surface area contributed by atoms with E-state index < -0.39 is 72.4 Å². The fraction of sp³-hybridized carbons (Fsp3) is 1.00. The molecular weight excluding hydrogens is 721 g/mol. The van der Waals surface area contributed by atoms with Crippen LogP contribution in [0.4, 0.5) is 0 Å². The van der Waals surface area contributed by atoms with E-state index in [2.05, 4.69) is 0 Å². The maximum Gasteiger partial charge on any atom is 0.469 e. The molecule has 0 fully saturated rings. The van der Waals surface area contributed by atoms with Gasteiger partial charge in [-0.05, 0) is 102 Å². The lowest BCUT2D eigenvalue weighted by Crippen LogP contribution is -2.62. The molecule has 0 aromatic rings. The zero-order chi connectivity index (χ0) is 34.7. The van der Waals surface area contributed by atoms with Gasteiger partial charge in [0.2, 0.25) is 8.32 Å². The number of hydrogen-bond acceptors (Lipinski definition) is 12. The highest BCUT2D eigenvalue weighted by Crippen LogP contribution is 2.35. The molecule has 0 aliphatic rings. The van der Waals surface area contributed by atoms with Crippen molar-refractivity contribution in [1.29, 1.82) is 0 Å². The summed E-state index contributed by atoms with van der Waals surface area (Å²) >= 11 is 0. The van der Waals surface area contributed by atoms with E-state index in [0.717, 1.165) is 18.8 Å². The Labute approximate surface area is 273 Å². The van der Waals surface area contributed by atoms with Crippen LogP contribution in [0, 0.1) is 0 Å². The molecule has 0 saturated heterocycles. The third-order valence-corrected chi connectivity index (χ3v) is 25.6. The van der Waals surface area contributed by atoms with Gasteiger partial charge in [-0.2, -0.15) is 25.3 Å². The van der Waals surface area contributed by atoms with E-state index in [1.165, 1.54) is 0 Å². The van der Waals surface area contributed by atoms with Crippen molar-refractivity contribution in [3.05, 3.63) is 0 Å². The van der Waals surface area contributed by atoms with E-state index in [0.29, 0.717) is 55.9 Å². The van der Waals surface area contributed by atoms with Gasteiger partial charge in [0, 0.05) is 6.04 Å². The third-order valence-electron chi connectivity index (χ3n) is 6.22. The summed E-state index contributed by atoms with van der Waals surface area (Å²) in [5.41, 5.74) is 0. The van der Waals surface area contributed by atoms with Crippen molar-refractivity contribution in [2.24, 2.45) is 0 Å². The standard InChI is InChI=1S/C23H57O13S3Si5/c1-37(24,25)31-16-12-20-41(6,7)34-44(23-15-19-40(4,5)30,35-42(8,9)21-13-17-32-38(2,26)27)36-43(10,11)22-14-18-33-39(3,28)29/h12-23H2,1-11H3. The van der Waals surface area contributed by atoms with Crippen LogP contribution < -0.4 is 0 Å². The zero-order valence-corrected chi connectivity index (χ0v) is 36.0. The van der Waals surface area contributed by atoms with Crippen LogP contribution in [-0.4, -0.2) is 106 Å². The molecule has 0 aromatic heterocycles. The second-order valence-corrected chi connectivity index (χ2v) is 39.1. The van der Waals surface area contributed by atoms with Gasteiger partial charge < -0.3 is 12.3 Å². The van der Waals surface area contributed by atoms with Crippen LogP contribution >= 0.6 is 0 Å².